The van der Waals surface area contributed by atoms with Gasteiger partial charge in [-0.1, -0.05) is 78.6 Å². The van der Waals surface area contributed by atoms with E-state index in [0.717, 1.165) is 23.0 Å². The molecule has 0 unspecified atom stereocenters. The second-order valence-corrected chi connectivity index (χ2v) is 14.6. The molecule has 0 atom stereocenters. The van der Waals surface area contributed by atoms with Crippen LogP contribution in [0.1, 0.15) is 136 Å². The molecule has 0 aromatic carbocycles. The van der Waals surface area contributed by atoms with Crippen LogP contribution in [0.4, 0.5) is 0 Å². The van der Waals surface area contributed by atoms with Gasteiger partial charge in [0.15, 0.2) is 8.87 Å². The average Bonchev–Trinajstić information content (AvgIpc) is 2.75. The van der Waals surface area contributed by atoms with Gasteiger partial charge in [-0.3, -0.25) is 0 Å². The van der Waals surface area contributed by atoms with E-state index in [1.165, 1.54) is 146 Å². The fourth-order valence-corrected chi connectivity index (χ4v) is 6.65. The van der Waals surface area contributed by atoms with Crippen LogP contribution < -0.4 is 0 Å². The van der Waals surface area contributed by atoms with E-state index in [2.05, 4.69) is 20.8 Å². The van der Waals surface area contributed by atoms with Gasteiger partial charge in [-0.05, 0) is 68.6 Å². The van der Waals surface area contributed by atoms with Crippen LogP contribution in [0.3, 0.4) is 0 Å². The smallest absolute Gasteiger partial charge is 0.198 e. The third-order valence-corrected chi connectivity index (χ3v) is 9.45. The highest BCUT2D eigenvalue weighted by molar-refractivity contribution is 8.71. The summed E-state index contributed by atoms with van der Waals surface area (Å²) in [5, 5.41) is 0. The molecule has 32 heavy (non-hydrogen) atoms. The van der Waals surface area contributed by atoms with E-state index >= 15 is 0 Å². The van der Waals surface area contributed by atoms with Crippen LogP contribution in [0.15, 0.2) is 0 Å². The Balaban J connectivity index is 4.50. The average molecular weight is 493 g/mol. The van der Waals surface area contributed by atoms with E-state index in [9.17, 15) is 8.42 Å². The fourth-order valence-electron chi connectivity index (χ4n) is 4.76. The summed E-state index contributed by atoms with van der Waals surface area (Å²) in [5.41, 5.74) is 0. The molecule has 0 aliphatic rings. The predicted molar refractivity (Wildman–Crippen MR) is 147 cm³/mol. The van der Waals surface area contributed by atoms with E-state index in [1.807, 2.05) is 0 Å². The third-order valence-electron chi connectivity index (χ3n) is 6.78. The van der Waals surface area contributed by atoms with Gasteiger partial charge in [0.2, 0.25) is 0 Å². The van der Waals surface area contributed by atoms with Gasteiger partial charge in [0, 0.05) is 12.0 Å². The van der Waals surface area contributed by atoms with Crippen LogP contribution in [0.2, 0.25) is 0 Å². The number of rotatable bonds is 25. The molecule has 0 rings (SSSR count). The molecule has 0 aliphatic heterocycles. The van der Waals surface area contributed by atoms with Crippen molar-refractivity contribution in [2.75, 3.05) is 38.2 Å². The molecule has 0 saturated heterocycles. The zero-order chi connectivity index (χ0) is 24.0. The van der Waals surface area contributed by atoms with Gasteiger partial charge in [-0.2, -0.15) is 0 Å². The van der Waals surface area contributed by atoms with Crippen molar-refractivity contribution in [1.82, 2.24) is 0 Å². The minimum Gasteiger partial charge on any atom is -0.324 e. The molecule has 0 radical (unpaired) electrons. The van der Waals surface area contributed by atoms with Crippen molar-refractivity contribution in [3.8, 4) is 0 Å². The van der Waals surface area contributed by atoms with E-state index in [1.54, 1.807) is 0 Å². The summed E-state index contributed by atoms with van der Waals surface area (Å²) in [5.74, 6) is 0.756. The molecular weight excluding hydrogens is 434 g/mol. The van der Waals surface area contributed by atoms with Crippen molar-refractivity contribution < 1.29 is 12.9 Å². The molecule has 0 aromatic heterocycles. The van der Waals surface area contributed by atoms with Crippen LogP contribution in [0, 0.1) is 0 Å². The molecular formula is C27H58NO2S2+. The van der Waals surface area contributed by atoms with Crippen molar-refractivity contribution >= 4 is 19.7 Å². The van der Waals surface area contributed by atoms with Crippen LogP contribution >= 0.6 is 10.8 Å². The summed E-state index contributed by atoms with van der Waals surface area (Å²) >= 11 is 0. The Kier molecular flexibility index (Phi) is 21.9. The molecule has 0 heterocycles. The van der Waals surface area contributed by atoms with Crippen molar-refractivity contribution in [2.45, 2.75) is 136 Å². The van der Waals surface area contributed by atoms with E-state index in [4.69, 9.17) is 0 Å². The number of hydrogen-bond acceptors (Lipinski definition) is 3. The maximum absolute atomic E-state index is 11.2. The van der Waals surface area contributed by atoms with Crippen molar-refractivity contribution in [2.24, 2.45) is 0 Å². The quantitative estimate of drug-likeness (QED) is 0.0727. The van der Waals surface area contributed by atoms with Gasteiger partial charge in [0.25, 0.3) is 0 Å². The number of quaternary nitrogens is 1. The Morgan fingerprint density at radius 2 is 0.812 bits per heavy atom. The summed E-state index contributed by atoms with van der Waals surface area (Å²) in [6, 6.07) is 0. The second kappa shape index (κ2) is 21.8. The van der Waals surface area contributed by atoms with Gasteiger partial charge in [0.1, 0.15) is 0 Å². The molecule has 0 N–H and O–H groups in total. The Bertz CT molecular complexity index is 463. The lowest BCUT2D eigenvalue weighted by molar-refractivity contribution is -0.929. The van der Waals surface area contributed by atoms with Crippen molar-refractivity contribution in [3.05, 3.63) is 0 Å². The van der Waals surface area contributed by atoms with Crippen LogP contribution in [-0.4, -0.2) is 51.1 Å². The summed E-state index contributed by atoms with van der Waals surface area (Å²) in [6.07, 6.45) is 25.4. The van der Waals surface area contributed by atoms with Gasteiger partial charge in [-0.15, -0.1) is 0 Å². The predicted octanol–water partition coefficient (Wildman–Crippen LogP) is 8.58. The Morgan fingerprint density at radius 1 is 0.500 bits per heavy atom. The van der Waals surface area contributed by atoms with Gasteiger partial charge in [0.05, 0.1) is 26.2 Å². The lowest BCUT2D eigenvalue weighted by Crippen LogP contribution is -2.50. The van der Waals surface area contributed by atoms with Crippen molar-refractivity contribution in [3.63, 3.8) is 0 Å². The Morgan fingerprint density at radius 3 is 1.16 bits per heavy atom. The van der Waals surface area contributed by atoms with Gasteiger partial charge < -0.3 is 4.48 Å². The van der Waals surface area contributed by atoms with Gasteiger partial charge >= 0.3 is 0 Å². The normalized spacial score (nSPS) is 12.5. The molecule has 0 saturated carbocycles. The molecule has 0 aliphatic carbocycles. The molecule has 5 heteroatoms. The van der Waals surface area contributed by atoms with Crippen LogP contribution in [-0.2, 0) is 8.87 Å². The van der Waals surface area contributed by atoms with Crippen molar-refractivity contribution in [1.29, 1.82) is 0 Å². The first-order chi connectivity index (χ1) is 15.4. The van der Waals surface area contributed by atoms with E-state index in [0.29, 0.717) is 0 Å². The summed E-state index contributed by atoms with van der Waals surface area (Å²) < 4.78 is 23.8. The highest BCUT2D eigenvalue weighted by Gasteiger charge is 2.25. The fraction of sp³-hybridized carbons (Fsp3) is 1.00. The Hall–Kier alpha value is 0.260. The SMILES string of the molecule is CCCCCC[N+](CCCCCC)(CCCCCC)CCCCCCCCSS(C)(=O)=O. The van der Waals surface area contributed by atoms with E-state index in [-0.39, 0.29) is 0 Å². The monoisotopic (exact) mass is 492 g/mol. The standard InChI is InChI=1S/C27H58NO2S2/c1-5-8-11-18-23-28(24-19-12-9-6-2,25-20-13-10-7-3)26-21-16-14-15-17-22-27-31-32(4,29)30/h5-27H2,1-4H3/q+1. The third kappa shape index (κ3) is 20.8. The highest BCUT2D eigenvalue weighted by atomic mass is 33.1. The lowest BCUT2D eigenvalue weighted by Gasteiger charge is -2.39. The zero-order valence-electron chi connectivity index (χ0n) is 22.3. The molecule has 3 nitrogen and oxygen atoms in total. The minimum absolute atomic E-state index is 0.756. The number of hydrogen-bond donors (Lipinski definition) is 0. The largest absolute Gasteiger partial charge is 0.324 e. The minimum atomic E-state index is -2.86. The molecule has 0 fully saturated rings. The maximum Gasteiger partial charge on any atom is 0.198 e. The molecule has 0 aromatic rings. The first-order valence-corrected chi connectivity index (χ1v) is 17.5. The second-order valence-electron chi connectivity index (χ2n) is 10.1. The van der Waals surface area contributed by atoms with Crippen LogP contribution in [0.25, 0.3) is 0 Å². The zero-order valence-corrected chi connectivity index (χ0v) is 24.0. The summed E-state index contributed by atoms with van der Waals surface area (Å²) in [4.78, 5) is 0. The number of nitrogens with zero attached hydrogens (tertiary/aromatic N) is 1. The first kappa shape index (κ1) is 32.3. The molecule has 194 valence electrons. The maximum atomic E-state index is 11.2. The first-order valence-electron chi connectivity index (χ1n) is 14.1. The van der Waals surface area contributed by atoms with E-state index < -0.39 is 8.87 Å². The highest BCUT2D eigenvalue weighted by Crippen LogP contribution is 2.20. The molecule has 0 amide bonds. The Labute approximate surface area is 206 Å². The van der Waals surface area contributed by atoms with Gasteiger partial charge in [-0.25, -0.2) is 8.42 Å². The topological polar surface area (TPSA) is 34.1 Å². The summed E-state index contributed by atoms with van der Waals surface area (Å²) in [7, 11) is -1.75. The molecule has 0 bridgehead atoms. The summed E-state index contributed by atoms with van der Waals surface area (Å²) in [6.45, 7) is 12.5. The van der Waals surface area contributed by atoms with Crippen LogP contribution in [0.5, 0.6) is 0 Å². The lowest BCUT2D eigenvalue weighted by atomic mass is 10.1. The molecule has 0 spiro atoms. The number of unbranched alkanes of at least 4 members (excludes halogenated alkanes) is 14.